The second-order valence-electron chi connectivity index (χ2n) is 3.21. The molecule has 0 N–H and O–H groups in total. The molecule has 5 heteroatoms. The van der Waals surface area contributed by atoms with Crippen molar-refractivity contribution in [1.29, 1.82) is 0 Å². The first kappa shape index (κ1) is 13.1. The fourth-order valence-electron chi connectivity index (χ4n) is 1.35. The molecule has 0 nitrogen and oxygen atoms in total. The highest BCUT2D eigenvalue weighted by Crippen LogP contribution is 2.37. The Hall–Kier alpha value is 0.650. The lowest BCUT2D eigenvalue weighted by Crippen LogP contribution is -1.90. The van der Waals surface area contributed by atoms with Crippen LogP contribution in [-0.4, -0.2) is 0 Å². The number of thiophene rings is 1. The molecule has 1 unspecified atom stereocenters. The third kappa shape index (κ3) is 3.10. The summed E-state index contributed by atoms with van der Waals surface area (Å²) in [6.07, 6.45) is 0. The SMILES string of the molecule is ClC(c1cc(Br)cc(Br)c1)c1ccc(Br)s1. The number of benzene rings is 1. The monoisotopic (exact) mass is 442 g/mol. The predicted octanol–water partition coefficient (Wildman–Crippen LogP) is 6.36. The van der Waals surface area contributed by atoms with Gasteiger partial charge in [0.1, 0.15) is 0 Å². The quantitative estimate of drug-likeness (QED) is 0.472. The molecule has 0 fully saturated rings. The molecular weight excluding hydrogens is 439 g/mol. The molecule has 0 aliphatic carbocycles. The second kappa shape index (κ2) is 5.53. The lowest BCUT2D eigenvalue weighted by molar-refractivity contribution is 1.18. The summed E-state index contributed by atoms with van der Waals surface area (Å²) in [7, 11) is 0. The van der Waals surface area contributed by atoms with Crippen molar-refractivity contribution in [2.24, 2.45) is 0 Å². The average Bonchev–Trinajstić information content (AvgIpc) is 2.62. The first-order chi connectivity index (χ1) is 7.56. The van der Waals surface area contributed by atoms with E-state index in [1.807, 2.05) is 30.3 Å². The first-order valence-electron chi connectivity index (χ1n) is 4.41. The molecule has 0 saturated heterocycles. The minimum absolute atomic E-state index is 0.106. The number of hydrogen-bond donors (Lipinski definition) is 0. The maximum Gasteiger partial charge on any atom is 0.0928 e. The van der Waals surface area contributed by atoms with Crippen LogP contribution in [0.4, 0.5) is 0 Å². The zero-order valence-electron chi connectivity index (χ0n) is 7.88. The molecule has 16 heavy (non-hydrogen) atoms. The topological polar surface area (TPSA) is 0 Å². The summed E-state index contributed by atoms with van der Waals surface area (Å²) in [6.45, 7) is 0. The van der Waals surface area contributed by atoms with Gasteiger partial charge in [-0.25, -0.2) is 0 Å². The van der Waals surface area contributed by atoms with Gasteiger partial charge in [0.05, 0.1) is 9.16 Å². The molecule has 1 aromatic carbocycles. The molecule has 0 radical (unpaired) electrons. The molecule has 0 aliphatic rings. The van der Waals surface area contributed by atoms with Gasteiger partial charge in [-0.2, -0.15) is 0 Å². The normalized spacial score (nSPS) is 12.8. The summed E-state index contributed by atoms with van der Waals surface area (Å²) in [5.41, 5.74) is 1.08. The summed E-state index contributed by atoms with van der Waals surface area (Å²) in [5.74, 6) is 0. The van der Waals surface area contributed by atoms with Gasteiger partial charge < -0.3 is 0 Å². The molecule has 0 aliphatic heterocycles. The highest BCUT2D eigenvalue weighted by atomic mass is 79.9. The van der Waals surface area contributed by atoms with Crippen LogP contribution in [0.2, 0.25) is 0 Å². The van der Waals surface area contributed by atoms with E-state index in [4.69, 9.17) is 11.6 Å². The number of halogens is 4. The fourth-order valence-corrected chi connectivity index (χ4v) is 4.44. The van der Waals surface area contributed by atoms with Crippen LogP contribution in [0.25, 0.3) is 0 Å². The Bertz CT molecular complexity index is 489. The predicted molar refractivity (Wildman–Crippen MR) is 81.6 cm³/mol. The summed E-state index contributed by atoms with van der Waals surface area (Å²) in [4.78, 5) is 1.14. The Morgan fingerprint density at radius 1 is 1.00 bits per heavy atom. The molecule has 0 saturated carbocycles. The minimum Gasteiger partial charge on any atom is -0.131 e. The van der Waals surface area contributed by atoms with Crippen molar-refractivity contribution in [1.82, 2.24) is 0 Å². The lowest BCUT2D eigenvalue weighted by Gasteiger charge is -2.08. The van der Waals surface area contributed by atoms with Crippen LogP contribution < -0.4 is 0 Å². The van der Waals surface area contributed by atoms with Crippen LogP contribution in [0.5, 0.6) is 0 Å². The van der Waals surface area contributed by atoms with Gasteiger partial charge >= 0.3 is 0 Å². The van der Waals surface area contributed by atoms with Crippen LogP contribution in [0.3, 0.4) is 0 Å². The molecule has 1 heterocycles. The maximum atomic E-state index is 6.44. The van der Waals surface area contributed by atoms with E-state index in [-0.39, 0.29) is 5.38 Å². The standard InChI is InChI=1S/C11H6Br3ClS/c12-7-3-6(4-8(13)5-7)11(15)9-1-2-10(14)16-9/h1-5,11H. The Morgan fingerprint density at radius 2 is 1.62 bits per heavy atom. The van der Waals surface area contributed by atoms with E-state index in [1.165, 1.54) is 0 Å². The van der Waals surface area contributed by atoms with E-state index >= 15 is 0 Å². The third-order valence-corrected chi connectivity index (χ3v) is 5.24. The third-order valence-electron chi connectivity index (χ3n) is 2.02. The van der Waals surface area contributed by atoms with E-state index in [0.29, 0.717) is 0 Å². The number of alkyl halides is 1. The van der Waals surface area contributed by atoms with E-state index in [9.17, 15) is 0 Å². The number of rotatable bonds is 2. The largest absolute Gasteiger partial charge is 0.131 e. The number of hydrogen-bond acceptors (Lipinski definition) is 1. The van der Waals surface area contributed by atoms with Crippen LogP contribution in [0, 0.1) is 0 Å². The molecule has 0 amide bonds. The van der Waals surface area contributed by atoms with Gasteiger partial charge in [0.25, 0.3) is 0 Å². The lowest BCUT2D eigenvalue weighted by atomic mass is 10.1. The van der Waals surface area contributed by atoms with Gasteiger partial charge in [0, 0.05) is 13.8 Å². The van der Waals surface area contributed by atoms with Crippen molar-refractivity contribution in [3.8, 4) is 0 Å². The van der Waals surface area contributed by atoms with Crippen LogP contribution in [0.15, 0.2) is 43.1 Å². The van der Waals surface area contributed by atoms with Gasteiger partial charge in [-0.05, 0) is 51.8 Å². The summed E-state index contributed by atoms with van der Waals surface area (Å²) < 4.78 is 3.15. The molecule has 0 spiro atoms. The molecule has 2 rings (SSSR count). The molecule has 84 valence electrons. The maximum absolute atomic E-state index is 6.44. The van der Waals surface area contributed by atoms with Crippen molar-refractivity contribution in [3.63, 3.8) is 0 Å². The fraction of sp³-hybridized carbons (Fsp3) is 0.0909. The second-order valence-corrected chi connectivity index (χ2v) is 7.97. The van der Waals surface area contributed by atoms with Crippen LogP contribution in [-0.2, 0) is 0 Å². The minimum atomic E-state index is -0.106. The van der Waals surface area contributed by atoms with Gasteiger partial charge in [0.15, 0.2) is 0 Å². The Morgan fingerprint density at radius 3 is 2.12 bits per heavy atom. The van der Waals surface area contributed by atoms with Crippen molar-refractivity contribution < 1.29 is 0 Å². The van der Waals surface area contributed by atoms with Crippen LogP contribution in [0.1, 0.15) is 15.8 Å². The van der Waals surface area contributed by atoms with Crippen molar-refractivity contribution >= 4 is 70.7 Å². The zero-order valence-corrected chi connectivity index (χ0v) is 14.2. The van der Waals surface area contributed by atoms with Crippen molar-refractivity contribution in [2.75, 3.05) is 0 Å². The van der Waals surface area contributed by atoms with E-state index in [2.05, 4.69) is 47.8 Å². The summed E-state index contributed by atoms with van der Waals surface area (Å²) >= 11 is 18.5. The molecular formula is C11H6Br3ClS. The first-order valence-corrected chi connectivity index (χ1v) is 8.05. The highest BCUT2D eigenvalue weighted by molar-refractivity contribution is 9.11. The van der Waals surface area contributed by atoms with Gasteiger partial charge in [0.2, 0.25) is 0 Å². The molecule has 1 aromatic heterocycles. The van der Waals surface area contributed by atoms with E-state index in [0.717, 1.165) is 23.2 Å². The molecule has 2 aromatic rings. The van der Waals surface area contributed by atoms with E-state index in [1.54, 1.807) is 11.3 Å². The average molecular weight is 445 g/mol. The Labute approximate surface area is 128 Å². The van der Waals surface area contributed by atoms with Gasteiger partial charge in [-0.3, -0.25) is 0 Å². The summed E-state index contributed by atoms with van der Waals surface area (Å²) in [5, 5.41) is -0.106. The smallest absolute Gasteiger partial charge is 0.0928 e. The highest BCUT2D eigenvalue weighted by Gasteiger charge is 2.14. The summed E-state index contributed by atoms with van der Waals surface area (Å²) in [6, 6.07) is 10.1. The Balaban J connectivity index is 2.37. The van der Waals surface area contributed by atoms with Gasteiger partial charge in [-0.15, -0.1) is 22.9 Å². The van der Waals surface area contributed by atoms with E-state index < -0.39 is 0 Å². The van der Waals surface area contributed by atoms with Crippen LogP contribution >= 0.6 is 70.7 Å². The Kier molecular flexibility index (Phi) is 4.52. The van der Waals surface area contributed by atoms with Crippen molar-refractivity contribution in [2.45, 2.75) is 5.38 Å². The van der Waals surface area contributed by atoms with Gasteiger partial charge in [-0.1, -0.05) is 31.9 Å². The molecule has 1 atom stereocenters. The van der Waals surface area contributed by atoms with Crippen molar-refractivity contribution in [3.05, 3.63) is 53.5 Å². The zero-order chi connectivity index (χ0) is 11.7. The molecule has 0 bridgehead atoms.